The molecule has 5 aromatic rings. The van der Waals surface area contributed by atoms with Gasteiger partial charge in [0.2, 0.25) is 0 Å². The lowest BCUT2D eigenvalue weighted by molar-refractivity contribution is -0.189. The van der Waals surface area contributed by atoms with Crippen molar-refractivity contribution in [2.45, 2.75) is 25.9 Å². The Balaban J connectivity index is 1.40. The normalized spacial score (nSPS) is 11.6. The minimum absolute atomic E-state index is 0.0820. The van der Waals surface area contributed by atoms with Crippen LogP contribution in [0.2, 0.25) is 0 Å². The van der Waals surface area contributed by atoms with Crippen molar-refractivity contribution >= 4 is 0 Å². The number of ether oxygens (including phenoxy) is 1. The number of hydrogen-bond donors (Lipinski definition) is 0. The summed E-state index contributed by atoms with van der Waals surface area (Å²) < 4.78 is 120. The fourth-order valence-electron chi connectivity index (χ4n) is 4.74. The maximum Gasteiger partial charge on any atom is 0.432 e. The van der Waals surface area contributed by atoms with E-state index in [9.17, 15) is 26.3 Å². The number of alkyl halides is 2. The monoisotopic (exact) mass is 598 g/mol. The first-order valence-electron chi connectivity index (χ1n) is 13.2. The summed E-state index contributed by atoms with van der Waals surface area (Å²) in [4.78, 5) is 0. The summed E-state index contributed by atoms with van der Waals surface area (Å²) in [7, 11) is 0. The van der Waals surface area contributed by atoms with Crippen LogP contribution in [0, 0.1) is 34.9 Å². The standard InChI is InChI=1S/C34H22F8O/c1-2-3-19-4-6-20(7-5-19)21-8-11-25(28(36)14-21)22-9-12-26(29(37)15-22)23-16-31(39)33(32(40)17-23)34(41,42)43-24-10-13-27(35)30(38)18-24/h4-18H,2-3H2,1H3. The summed E-state index contributed by atoms with van der Waals surface area (Å²) in [6.07, 6.45) is -2.69. The molecule has 0 radical (unpaired) electrons. The predicted molar refractivity (Wildman–Crippen MR) is 147 cm³/mol. The van der Waals surface area contributed by atoms with Gasteiger partial charge in [-0.15, -0.1) is 0 Å². The van der Waals surface area contributed by atoms with Gasteiger partial charge < -0.3 is 4.74 Å². The number of rotatable bonds is 8. The van der Waals surface area contributed by atoms with Gasteiger partial charge in [0.1, 0.15) is 34.6 Å². The van der Waals surface area contributed by atoms with Crippen LogP contribution in [0.3, 0.4) is 0 Å². The van der Waals surface area contributed by atoms with E-state index < -0.39 is 57.9 Å². The smallest absolute Gasteiger partial charge is 0.429 e. The third kappa shape index (κ3) is 6.26. The fraction of sp³-hybridized carbons (Fsp3) is 0.118. The third-order valence-corrected chi connectivity index (χ3v) is 6.86. The number of aryl methyl sites for hydroxylation is 1. The highest BCUT2D eigenvalue weighted by Crippen LogP contribution is 2.38. The minimum Gasteiger partial charge on any atom is -0.429 e. The van der Waals surface area contributed by atoms with E-state index in [0.29, 0.717) is 35.9 Å². The van der Waals surface area contributed by atoms with Crippen LogP contribution < -0.4 is 4.74 Å². The van der Waals surface area contributed by atoms with Crippen LogP contribution >= 0.6 is 0 Å². The van der Waals surface area contributed by atoms with Gasteiger partial charge in [0.25, 0.3) is 0 Å². The van der Waals surface area contributed by atoms with E-state index in [1.165, 1.54) is 18.2 Å². The molecule has 9 heteroatoms. The molecule has 5 aromatic carbocycles. The van der Waals surface area contributed by atoms with Gasteiger partial charge in [0, 0.05) is 17.2 Å². The zero-order valence-corrected chi connectivity index (χ0v) is 22.5. The van der Waals surface area contributed by atoms with E-state index in [1.807, 2.05) is 24.3 Å². The molecule has 1 nitrogen and oxygen atoms in total. The Bertz CT molecular complexity index is 1770. The predicted octanol–water partition coefficient (Wildman–Crippen LogP) is 10.6. The van der Waals surface area contributed by atoms with E-state index in [0.717, 1.165) is 36.1 Å². The Morgan fingerprint density at radius 1 is 0.512 bits per heavy atom. The van der Waals surface area contributed by atoms with Crippen LogP contribution in [-0.2, 0) is 12.5 Å². The van der Waals surface area contributed by atoms with Gasteiger partial charge in [-0.2, -0.15) is 8.78 Å². The highest BCUT2D eigenvalue weighted by atomic mass is 19.3. The summed E-state index contributed by atoms with van der Waals surface area (Å²) in [6.45, 7) is 2.07. The molecule has 0 amide bonds. The zero-order valence-electron chi connectivity index (χ0n) is 22.5. The van der Waals surface area contributed by atoms with Crippen molar-refractivity contribution in [3.05, 3.63) is 137 Å². The van der Waals surface area contributed by atoms with Gasteiger partial charge in [-0.05, 0) is 70.6 Å². The number of hydrogen-bond acceptors (Lipinski definition) is 1. The Labute approximate surface area is 242 Å². The van der Waals surface area contributed by atoms with Crippen LogP contribution in [-0.4, -0.2) is 0 Å². The quantitative estimate of drug-likeness (QED) is 0.162. The van der Waals surface area contributed by atoms with Crippen LogP contribution in [0.25, 0.3) is 33.4 Å². The molecule has 0 N–H and O–H groups in total. The first kappa shape index (κ1) is 29.8. The topological polar surface area (TPSA) is 9.23 Å². The maximum absolute atomic E-state index is 15.1. The van der Waals surface area contributed by atoms with Gasteiger partial charge in [-0.3, -0.25) is 0 Å². The lowest BCUT2D eigenvalue weighted by Gasteiger charge is -2.20. The second-order valence-electron chi connectivity index (χ2n) is 9.85. The molecule has 0 heterocycles. The summed E-state index contributed by atoms with van der Waals surface area (Å²) in [5.41, 5.74) is 0.275. The van der Waals surface area contributed by atoms with Gasteiger partial charge in [-0.1, -0.05) is 61.9 Å². The summed E-state index contributed by atoms with van der Waals surface area (Å²) in [5, 5.41) is 0. The molecule has 0 bridgehead atoms. The molecule has 0 fully saturated rings. The fourth-order valence-corrected chi connectivity index (χ4v) is 4.74. The van der Waals surface area contributed by atoms with E-state index >= 15 is 8.78 Å². The largest absolute Gasteiger partial charge is 0.432 e. The van der Waals surface area contributed by atoms with Crippen LogP contribution in [0.1, 0.15) is 24.5 Å². The molecule has 0 aliphatic carbocycles. The molecule has 0 saturated carbocycles. The van der Waals surface area contributed by atoms with Crippen molar-refractivity contribution in [3.8, 4) is 39.1 Å². The molecule has 0 aliphatic rings. The van der Waals surface area contributed by atoms with Crippen molar-refractivity contribution in [2.75, 3.05) is 0 Å². The first-order chi connectivity index (χ1) is 20.5. The van der Waals surface area contributed by atoms with Gasteiger partial charge in [0.15, 0.2) is 11.6 Å². The molecule has 43 heavy (non-hydrogen) atoms. The molecule has 220 valence electrons. The van der Waals surface area contributed by atoms with Gasteiger partial charge in [-0.25, -0.2) is 26.3 Å². The maximum atomic E-state index is 15.1. The van der Waals surface area contributed by atoms with Crippen LogP contribution in [0.15, 0.2) is 91.0 Å². The van der Waals surface area contributed by atoms with E-state index in [1.54, 1.807) is 6.07 Å². The summed E-state index contributed by atoms with van der Waals surface area (Å²) in [5.74, 6) is -8.85. The van der Waals surface area contributed by atoms with Crippen molar-refractivity contribution in [1.29, 1.82) is 0 Å². The average Bonchev–Trinajstić information content (AvgIpc) is 2.95. The number of halogens is 8. The second-order valence-corrected chi connectivity index (χ2v) is 9.85. The molecule has 0 saturated heterocycles. The first-order valence-corrected chi connectivity index (χ1v) is 13.2. The molecule has 0 unspecified atom stereocenters. The van der Waals surface area contributed by atoms with Gasteiger partial charge in [0.05, 0.1) is 0 Å². The molecule has 0 aliphatic heterocycles. The lowest BCUT2D eigenvalue weighted by Crippen LogP contribution is -2.25. The average molecular weight is 599 g/mol. The van der Waals surface area contributed by atoms with Crippen molar-refractivity contribution in [1.82, 2.24) is 0 Å². The van der Waals surface area contributed by atoms with Crippen molar-refractivity contribution in [3.63, 3.8) is 0 Å². The molecule has 5 rings (SSSR count). The summed E-state index contributed by atoms with van der Waals surface area (Å²) >= 11 is 0. The summed E-state index contributed by atoms with van der Waals surface area (Å²) in [6, 6.07) is 18.1. The molecular formula is C34H22F8O. The highest BCUT2D eigenvalue weighted by molar-refractivity contribution is 5.74. The molecule has 0 atom stereocenters. The Kier molecular flexibility index (Phi) is 8.26. The van der Waals surface area contributed by atoms with E-state index in [4.69, 9.17) is 0 Å². The number of benzene rings is 5. The molecule has 0 spiro atoms. The van der Waals surface area contributed by atoms with Crippen molar-refractivity contribution < 1.29 is 39.9 Å². The molecule has 0 aromatic heterocycles. The second kappa shape index (κ2) is 11.9. The zero-order chi connectivity index (χ0) is 30.9. The SMILES string of the molecule is CCCc1ccc(-c2ccc(-c3ccc(-c4cc(F)c(C(F)(F)Oc5ccc(F)c(F)c5)c(F)c4)c(F)c3)c(F)c2)cc1. The Hall–Kier alpha value is -4.66. The van der Waals surface area contributed by atoms with Crippen LogP contribution in [0.5, 0.6) is 5.75 Å². The van der Waals surface area contributed by atoms with E-state index in [2.05, 4.69) is 11.7 Å². The Morgan fingerprint density at radius 3 is 1.63 bits per heavy atom. The highest BCUT2D eigenvalue weighted by Gasteiger charge is 2.41. The minimum atomic E-state index is -4.62. The third-order valence-electron chi connectivity index (χ3n) is 6.86. The van der Waals surface area contributed by atoms with Gasteiger partial charge >= 0.3 is 6.11 Å². The van der Waals surface area contributed by atoms with Crippen molar-refractivity contribution in [2.24, 2.45) is 0 Å². The molecular weight excluding hydrogens is 576 g/mol. The van der Waals surface area contributed by atoms with Crippen LogP contribution in [0.4, 0.5) is 35.1 Å². The lowest BCUT2D eigenvalue weighted by atomic mass is 9.96. The Morgan fingerprint density at radius 2 is 1.05 bits per heavy atom. The van der Waals surface area contributed by atoms with E-state index in [-0.39, 0.29) is 16.7 Å².